The first-order valence-corrected chi connectivity index (χ1v) is 5.06. The first-order chi connectivity index (χ1) is 7.79. The molecule has 0 bridgehead atoms. The van der Waals surface area contributed by atoms with Crippen molar-refractivity contribution in [2.45, 2.75) is 7.43 Å². The van der Waals surface area contributed by atoms with Crippen molar-refractivity contribution in [2.24, 2.45) is 0 Å². The Labute approximate surface area is 123 Å². The minimum Gasteiger partial charge on any atom is -0.412 e. The molecule has 0 aliphatic rings. The second kappa shape index (κ2) is 18.5. The Morgan fingerprint density at radius 3 is 1.63 bits per heavy atom. The van der Waals surface area contributed by atoms with Crippen LogP contribution in [0.5, 0.6) is 0 Å². The third kappa shape index (κ3) is 16.1. The molecule has 0 atom stereocenters. The van der Waals surface area contributed by atoms with Crippen molar-refractivity contribution in [2.75, 3.05) is 5.73 Å². The average Bonchev–Trinajstić information content (AvgIpc) is 2.34. The molecule has 0 radical (unpaired) electrons. The molecule has 0 saturated heterocycles. The summed E-state index contributed by atoms with van der Waals surface area (Å²) in [7, 11) is 0. The first kappa shape index (κ1) is 25.8. The molecule has 2 aromatic heterocycles. The summed E-state index contributed by atoms with van der Waals surface area (Å²) in [6, 6.07) is 11.1. The number of anilines is 1. The van der Waals surface area contributed by atoms with Crippen LogP contribution in [0.4, 0.5) is 5.82 Å². The standard InChI is InChI=1S/C5H4BrN.C5H6N2.CH4.H2N2.H3N.H2O.H2/c2*6-5-3-1-2-4-7-5;;1-2;;;/h1-4H;1-4H,(H2,6,7);1H4;1-2H;1H3;1H2;1H. The van der Waals surface area contributed by atoms with Crippen LogP contribution in [0.25, 0.3) is 0 Å². The summed E-state index contributed by atoms with van der Waals surface area (Å²) < 4.78 is 0.884. The number of halogens is 1. The van der Waals surface area contributed by atoms with E-state index in [1.807, 2.05) is 30.3 Å². The molecule has 0 spiro atoms. The quantitative estimate of drug-likeness (QED) is 0.428. The summed E-state index contributed by atoms with van der Waals surface area (Å²) in [5.41, 5.74) is 15.2. The smallest absolute Gasteiger partial charge is 0.123 e. The van der Waals surface area contributed by atoms with Gasteiger partial charge in [-0.05, 0) is 40.2 Å². The highest BCUT2D eigenvalue weighted by molar-refractivity contribution is 9.10. The first-order valence-electron chi connectivity index (χ1n) is 4.27. The second-order valence-electron chi connectivity index (χ2n) is 2.41. The summed E-state index contributed by atoms with van der Waals surface area (Å²) in [4.78, 5) is 7.65. The van der Waals surface area contributed by atoms with Crippen LogP contribution in [-0.2, 0) is 0 Å². The van der Waals surface area contributed by atoms with Gasteiger partial charge in [-0.2, -0.15) is 0 Å². The number of hydrogen-bond donors (Lipinski definition) is 4. The van der Waals surface area contributed by atoms with E-state index in [9.17, 15) is 0 Å². The maximum atomic E-state index is 5.25. The van der Waals surface area contributed by atoms with Gasteiger partial charge in [0.05, 0.1) is 0 Å². The zero-order valence-electron chi connectivity index (χ0n) is 9.68. The van der Waals surface area contributed by atoms with Crippen LogP contribution in [0.3, 0.4) is 0 Å². The highest BCUT2D eigenvalue weighted by Crippen LogP contribution is 2.00. The van der Waals surface area contributed by atoms with E-state index in [1.165, 1.54) is 0 Å². The molecular formula is C11H23BrN6O. The third-order valence-corrected chi connectivity index (χ3v) is 1.79. The van der Waals surface area contributed by atoms with Crippen molar-refractivity contribution in [3.63, 3.8) is 0 Å². The zero-order chi connectivity index (χ0) is 12.2. The molecule has 0 saturated carbocycles. The van der Waals surface area contributed by atoms with E-state index in [-0.39, 0.29) is 20.5 Å². The van der Waals surface area contributed by atoms with E-state index in [4.69, 9.17) is 16.8 Å². The Hall–Kier alpha value is -1.90. The lowest BCUT2D eigenvalue weighted by Crippen LogP contribution is -1.85. The average molecular weight is 335 g/mol. The van der Waals surface area contributed by atoms with Gasteiger partial charge in [-0.15, -0.1) is 0 Å². The van der Waals surface area contributed by atoms with E-state index in [2.05, 4.69) is 25.9 Å². The number of pyridine rings is 2. The highest BCUT2D eigenvalue weighted by atomic mass is 79.9. The van der Waals surface area contributed by atoms with Crippen molar-refractivity contribution in [3.05, 3.63) is 53.4 Å². The Kier molecular flexibility index (Phi) is 25.1. The molecule has 0 fully saturated rings. The Balaban J connectivity index is -0.0000000566. The predicted octanol–water partition coefficient (Wildman–Crippen LogP) is 3.32. The van der Waals surface area contributed by atoms with E-state index in [0.29, 0.717) is 5.82 Å². The lowest BCUT2D eigenvalue weighted by atomic mass is 10.5. The highest BCUT2D eigenvalue weighted by Gasteiger charge is 1.76. The number of nitrogens with one attached hydrogen (secondary N) is 2. The number of nitrogens with two attached hydrogens (primary N) is 1. The predicted molar refractivity (Wildman–Crippen MR) is 83.5 cm³/mol. The SMILES string of the molecule is Brc1ccccn1.C.N.N=N.Nc1ccccn1.O.[HH]. The fraction of sp³-hybridized carbons (Fsp3) is 0.0909. The molecule has 0 unspecified atom stereocenters. The van der Waals surface area contributed by atoms with Gasteiger partial charge in [-0.3, -0.25) is 0 Å². The maximum absolute atomic E-state index is 5.25. The van der Waals surface area contributed by atoms with Gasteiger partial charge in [0, 0.05) is 13.8 Å². The zero-order valence-corrected chi connectivity index (χ0v) is 11.3. The fourth-order valence-corrected chi connectivity index (χ4v) is 0.989. The van der Waals surface area contributed by atoms with Gasteiger partial charge in [0.1, 0.15) is 10.4 Å². The Morgan fingerprint density at radius 1 is 1.00 bits per heavy atom. The molecule has 2 rings (SSSR count). The molecule has 0 aliphatic carbocycles. The number of hydrogen-bond acceptors (Lipinski definition) is 6. The Morgan fingerprint density at radius 2 is 1.47 bits per heavy atom. The molecule has 8 heteroatoms. The fourth-order valence-electron chi connectivity index (χ4n) is 0.718. The monoisotopic (exact) mass is 334 g/mol. The molecule has 2 aromatic rings. The molecule has 0 amide bonds. The summed E-state index contributed by atoms with van der Waals surface area (Å²) in [6.45, 7) is 0. The van der Waals surface area contributed by atoms with Crippen LogP contribution in [0, 0.1) is 11.1 Å². The van der Waals surface area contributed by atoms with Gasteiger partial charge in [0.25, 0.3) is 0 Å². The van der Waals surface area contributed by atoms with E-state index in [0.717, 1.165) is 4.60 Å². The van der Waals surface area contributed by atoms with Gasteiger partial charge in [-0.1, -0.05) is 19.6 Å². The van der Waals surface area contributed by atoms with Crippen molar-refractivity contribution in [1.82, 2.24) is 16.1 Å². The molecule has 110 valence electrons. The molecular weight excluding hydrogens is 312 g/mol. The lowest BCUT2D eigenvalue weighted by molar-refractivity contribution is 0.824. The van der Waals surface area contributed by atoms with Crippen molar-refractivity contribution >= 4 is 21.7 Å². The van der Waals surface area contributed by atoms with Crippen LogP contribution in [0.1, 0.15) is 8.85 Å². The van der Waals surface area contributed by atoms with Crippen molar-refractivity contribution in [1.29, 1.82) is 11.1 Å². The maximum Gasteiger partial charge on any atom is 0.123 e. The minimum absolute atomic E-state index is 0. The third-order valence-electron chi connectivity index (χ3n) is 1.32. The Bertz CT molecular complexity index is 344. The number of nitrogen functional groups attached to an aromatic ring is 1. The van der Waals surface area contributed by atoms with Crippen molar-refractivity contribution < 1.29 is 6.90 Å². The molecule has 19 heavy (non-hydrogen) atoms. The number of rotatable bonds is 0. The summed E-state index contributed by atoms with van der Waals surface area (Å²) in [6.07, 6.45) is 3.40. The van der Waals surface area contributed by atoms with Gasteiger partial charge in [-0.25, -0.2) is 21.0 Å². The number of nitrogens with zero attached hydrogens (tertiary/aromatic N) is 2. The topological polar surface area (TPSA) is 166 Å². The summed E-state index contributed by atoms with van der Waals surface area (Å²) >= 11 is 3.20. The van der Waals surface area contributed by atoms with Crippen LogP contribution in [0.15, 0.2) is 53.4 Å². The van der Waals surface area contributed by atoms with Crippen LogP contribution < -0.4 is 11.9 Å². The molecule has 7 nitrogen and oxygen atoms in total. The van der Waals surface area contributed by atoms with Gasteiger partial charge >= 0.3 is 0 Å². The molecule has 0 aromatic carbocycles. The molecule has 0 aliphatic heterocycles. The van der Waals surface area contributed by atoms with E-state index in [1.54, 1.807) is 18.5 Å². The van der Waals surface area contributed by atoms with Crippen LogP contribution in [-0.4, -0.2) is 15.4 Å². The largest absolute Gasteiger partial charge is 0.412 e. The lowest BCUT2D eigenvalue weighted by Gasteiger charge is -1.82. The van der Waals surface area contributed by atoms with Gasteiger partial charge in [0.2, 0.25) is 0 Å². The van der Waals surface area contributed by atoms with Crippen LogP contribution >= 0.6 is 15.9 Å². The van der Waals surface area contributed by atoms with Crippen LogP contribution in [0.2, 0.25) is 0 Å². The van der Waals surface area contributed by atoms with Gasteiger partial charge < -0.3 is 17.4 Å². The van der Waals surface area contributed by atoms with E-state index < -0.39 is 0 Å². The molecule has 9 N–H and O–H groups in total. The molecule has 2 heterocycles. The summed E-state index contributed by atoms with van der Waals surface area (Å²) in [5, 5.41) is 0. The summed E-state index contributed by atoms with van der Waals surface area (Å²) in [5.74, 6) is 0.572. The second-order valence-corrected chi connectivity index (χ2v) is 3.22. The minimum atomic E-state index is 0. The normalized spacial score (nSPS) is 6.58. The number of aromatic nitrogens is 2. The van der Waals surface area contributed by atoms with E-state index >= 15 is 0 Å². The van der Waals surface area contributed by atoms with Crippen molar-refractivity contribution in [3.8, 4) is 0 Å². The van der Waals surface area contributed by atoms with Gasteiger partial charge in [0.15, 0.2) is 0 Å².